The van der Waals surface area contributed by atoms with Gasteiger partial charge < -0.3 is 9.80 Å². The predicted molar refractivity (Wildman–Crippen MR) is 90.1 cm³/mol. The first-order valence-electron chi connectivity index (χ1n) is 7.36. The summed E-state index contributed by atoms with van der Waals surface area (Å²) >= 11 is 1.25. The summed E-state index contributed by atoms with van der Waals surface area (Å²) < 4.78 is 27.0. The standard InChI is InChI=1S/C17H14F2N2O3S/c1-8-7-25-17-12(8)14(22)13(16(24)21(17)3)15(23)20(2)11-5-4-9(18)6-10(11)19/h4-7,13H,1-3H3. The Morgan fingerprint density at radius 1 is 1.28 bits per heavy atom. The van der Waals surface area contributed by atoms with Crippen LogP contribution >= 0.6 is 11.3 Å². The molecule has 0 saturated heterocycles. The fourth-order valence-electron chi connectivity index (χ4n) is 2.81. The molecule has 5 nitrogen and oxygen atoms in total. The summed E-state index contributed by atoms with van der Waals surface area (Å²) in [7, 11) is 2.73. The third-order valence-corrected chi connectivity index (χ3v) is 5.37. The van der Waals surface area contributed by atoms with E-state index in [0.29, 0.717) is 22.2 Å². The average molecular weight is 364 g/mol. The number of fused-ring (bicyclic) bond motifs is 1. The number of nitrogens with zero attached hydrogens (tertiary/aromatic N) is 2. The predicted octanol–water partition coefficient (Wildman–Crippen LogP) is 2.77. The van der Waals surface area contributed by atoms with Gasteiger partial charge in [-0.3, -0.25) is 14.4 Å². The number of benzene rings is 1. The van der Waals surface area contributed by atoms with Crippen molar-refractivity contribution in [3.63, 3.8) is 0 Å². The smallest absolute Gasteiger partial charge is 0.247 e. The molecule has 0 spiro atoms. The van der Waals surface area contributed by atoms with E-state index < -0.39 is 35.1 Å². The Balaban J connectivity index is 2.00. The lowest BCUT2D eigenvalue weighted by Gasteiger charge is -2.30. The molecule has 1 aliphatic rings. The van der Waals surface area contributed by atoms with Gasteiger partial charge in [0.25, 0.3) is 0 Å². The summed E-state index contributed by atoms with van der Waals surface area (Å²) in [6, 6.07) is 2.72. The third kappa shape index (κ3) is 2.62. The van der Waals surface area contributed by atoms with Crippen molar-refractivity contribution >= 4 is 39.6 Å². The van der Waals surface area contributed by atoms with Crippen LogP contribution in [-0.4, -0.2) is 31.7 Å². The summed E-state index contributed by atoms with van der Waals surface area (Å²) in [5.74, 6) is -5.45. The van der Waals surface area contributed by atoms with Crippen LogP contribution in [0.2, 0.25) is 0 Å². The summed E-state index contributed by atoms with van der Waals surface area (Å²) in [4.78, 5) is 40.1. The van der Waals surface area contributed by atoms with Crippen LogP contribution in [-0.2, 0) is 9.59 Å². The highest BCUT2D eigenvalue weighted by Crippen LogP contribution is 2.38. The molecule has 2 aromatic rings. The zero-order valence-electron chi connectivity index (χ0n) is 13.7. The van der Waals surface area contributed by atoms with E-state index in [1.807, 2.05) is 0 Å². The Morgan fingerprint density at radius 3 is 2.60 bits per heavy atom. The van der Waals surface area contributed by atoms with Crippen molar-refractivity contribution in [3.8, 4) is 0 Å². The molecule has 3 rings (SSSR count). The summed E-state index contributed by atoms with van der Waals surface area (Å²) in [6.07, 6.45) is 0. The zero-order valence-corrected chi connectivity index (χ0v) is 14.5. The number of hydrogen-bond donors (Lipinski definition) is 0. The SMILES string of the molecule is Cc1csc2c1C(=O)C(C(=O)N(C)c1ccc(F)cc1F)C(=O)N2C. The highest BCUT2D eigenvalue weighted by Gasteiger charge is 2.45. The molecule has 25 heavy (non-hydrogen) atoms. The van der Waals surface area contributed by atoms with E-state index in [9.17, 15) is 23.2 Å². The van der Waals surface area contributed by atoms with Gasteiger partial charge in [-0.25, -0.2) is 8.78 Å². The van der Waals surface area contributed by atoms with Gasteiger partial charge >= 0.3 is 0 Å². The second-order valence-electron chi connectivity index (χ2n) is 5.79. The first kappa shape index (κ1) is 17.2. The Bertz CT molecular complexity index is 909. The normalized spacial score (nSPS) is 16.8. The molecule has 130 valence electrons. The minimum atomic E-state index is -1.58. The number of amides is 2. The summed E-state index contributed by atoms with van der Waals surface area (Å²) in [5.41, 5.74) is 0.804. The zero-order chi connectivity index (χ0) is 18.5. The minimum absolute atomic E-state index is 0.206. The molecule has 1 aromatic heterocycles. The molecule has 8 heteroatoms. The number of anilines is 2. The van der Waals surface area contributed by atoms with E-state index in [4.69, 9.17) is 0 Å². The van der Waals surface area contributed by atoms with Crippen molar-refractivity contribution in [3.05, 3.63) is 46.3 Å². The number of carbonyl (C=O) groups excluding carboxylic acids is 3. The van der Waals surface area contributed by atoms with Gasteiger partial charge in [0.2, 0.25) is 11.8 Å². The lowest BCUT2D eigenvalue weighted by atomic mass is 9.90. The van der Waals surface area contributed by atoms with Crippen LogP contribution in [0.15, 0.2) is 23.6 Å². The van der Waals surface area contributed by atoms with E-state index in [0.717, 1.165) is 17.0 Å². The van der Waals surface area contributed by atoms with Crippen LogP contribution in [0.25, 0.3) is 0 Å². The summed E-state index contributed by atoms with van der Waals surface area (Å²) in [5, 5.41) is 2.23. The fraction of sp³-hybridized carbons (Fsp3) is 0.235. The van der Waals surface area contributed by atoms with Gasteiger partial charge in [-0.1, -0.05) is 0 Å². The first-order valence-corrected chi connectivity index (χ1v) is 8.24. The van der Waals surface area contributed by atoms with Crippen molar-refractivity contribution in [2.45, 2.75) is 6.92 Å². The van der Waals surface area contributed by atoms with Gasteiger partial charge in [0, 0.05) is 20.2 Å². The maximum Gasteiger partial charge on any atom is 0.247 e. The lowest BCUT2D eigenvalue weighted by molar-refractivity contribution is -0.130. The van der Waals surface area contributed by atoms with Gasteiger partial charge in [-0.15, -0.1) is 11.3 Å². The Labute approximate surface area is 146 Å². The Morgan fingerprint density at radius 2 is 1.96 bits per heavy atom. The van der Waals surface area contributed by atoms with Gasteiger partial charge in [-0.2, -0.15) is 0 Å². The second-order valence-corrected chi connectivity index (χ2v) is 6.64. The van der Waals surface area contributed by atoms with Crippen molar-refractivity contribution in [2.75, 3.05) is 23.9 Å². The average Bonchev–Trinajstić information content (AvgIpc) is 2.94. The van der Waals surface area contributed by atoms with Gasteiger partial charge in [0.05, 0.1) is 11.3 Å². The Hall–Kier alpha value is -2.61. The number of Topliss-reactive ketones (excluding diaryl/α,β-unsaturated/α-hetero) is 1. The molecule has 1 aromatic carbocycles. The fourth-order valence-corrected chi connectivity index (χ4v) is 3.84. The van der Waals surface area contributed by atoms with E-state index in [2.05, 4.69) is 0 Å². The van der Waals surface area contributed by atoms with Crippen molar-refractivity contribution < 1.29 is 23.2 Å². The van der Waals surface area contributed by atoms with Crippen LogP contribution in [0.3, 0.4) is 0 Å². The number of carbonyl (C=O) groups is 3. The van der Waals surface area contributed by atoms with Crippen LogP contribution in [0.4, 0.5) is 19.5 Å². The second kappa shape index (κ2) is 6.03. The van der Waals surface area contributed by atoms with Gasteiger partial charge in [0.1, 0.15) is 16.6 Å². The number of ketones is 1. The Kier molecular flexibility index (Phi) is 4.16. The maximum absolute atomic E-state index is 13.9. The van der Waals surface area contributed by atoms with Crippen LogP contribution in [0.1, 0.15) is 15.9 Å². The number of thiophene rings is 1. The molecule has 1 atom stereocenters. The molecule has 1 unspecified atom stereocenters. The van der Waals surface area contributed by atoms with Gasteiger partial charge in [0.15, 0.2) is 11.7 Å². The molecule has 2 amide bonds. The minimum Gasteiger partial charge on any atom is -0.312 e. The lowest BCUT2D eigenvalue weighted by Crippen LogP contribution is -2.50. The number of halogens is 2. The van der Waals surface area contributed by atoms with E-state index in [1.54, 1.807) is 12.3 Å². The van der Waals surface area contributed by atoms with Gasteiger partial charge in [-0.05, 0) is 30.0 Å². The molecule has 0 fully saturated rings. The monoisotopic (exact) mass is 364 g/mol. The van der Waals surface area contributed by atoms with E-state index in [-0.39, 0.29) is 5.69 Å². The molecule has 2 heterocycles. The van der Waals surface area contributed by atoms with Crippen molar-refractivity contribution in [1.82, 2.24) is 0 Å². The molecular weight excluding hydrogens is 350 g/mol. The molecule has 0 aliphatic carbocycles. The van der Waals surface area contributed by atoms with Crippen molar-refractivity contribution in [1.29, 1.82) is 0 Å². The first-order chi connectivity index (χ1) is 11.7. The van der Waals surface area contributed by atoms with Crippen LogP contribution < -0.4 is 9.80 Å². The highest BCUT2D eigenvalue weighted by molar-refractivity contribution is 7.15. The molecule has 0 N–H and O–H groups in total. The largest absolute Gasteiger partial charge is 0.312 e. The van der Waals surface area contributed by atoms with Crippen LogP contribution in [0, 0.1) is 24.5 Å². The molecule has 1 aliphatic heterocycles. The molecule has 0 radical (unpaired) electrons. The third-order valence-electron chi connectivity index (χ3n) is 4.19. The number of hydrogen-bond acceptors (Lipinski definition) is 4. The molecule has 0 saturated carbocycles. The number of aryl methyl sites for hydroxylation is 1. The van der Waals surface area contributed by atoms with E-state index in [1.165, 1.54) is 30.3 Å². The number of rotatable bonds is 2. The topological polar surface area (TPSA) is 57.7 Å². The molecule has 0 bridgehead atoms. The van der Waals surface area contributed by atoms with Crippen molar-refractivity contribution in [2.24, 2.45) is 5.92 Å². The quantitative estimate of drug-likeness (QED) is 0.770. The molecular formula is C17H14F2N2O3S. The van der Waals surface area contributed by atoms with E-state index >= 15 is 0 Å². The highest BCUT2D eigenvalue weighted by atomic mass is 32.1. The van der Waals surface area contributed by atoms with Crippen LogP contribution in [0.5, 0.6) is 0 Å². The maximum atomic E-state index is 13.9. The summed E-state index contributed by atoms with van der Waals surface area (Å²) in [6.45, 7) is 1.72.